The van der Waals surface area contributed by atoms with Crippen molar-refractivity contribution in [2.75, 3.05) is 0 Å². The van der Waals surface area contributed by atoms with Gasteiger partial charge in [0.15, 0.2) is 0 Å². The molecule has 0 N–H and O–H groups in total. The lowest BCUT2D eigenvalue weighted by atomic mass is 10.2. The number of nitrogens with zero attached hydrogens (tertiary/aromatic N) is 2. The Morgan fingerprint density at radius 1 is 0.500 bits per heavy atom. The quantitative estimate of drug-likeness (QED) is 0.192. The number of fused-ring (bicyclic) bond motifs is 6. The predicted molar refractivity (Wildman–Crippen MR) is 136 cm³/mol. The van der Waals surface area contributed by atoms with Gasteiger partial charge in [0.25, 0.3) is 0 Å². The average molecular weight is 437 g/mol. The van der Waals surface area contributed by atoms with E-state index in [1.807, 2.05) is 69.3 Å². The third-order valence-electron chi connectivity index (χ3n) is 6.71. The summed E-state index contributed by atoms with van der Waals surface area (Å²) in [4.78, 5) is 0. The molecule has 6 rings (SSSR count). The standard InChI is InChI=1S/C28H25FN2Si/c1-28(2,3)32(29,30-24-16-8-4-12-20(24)21-13-5-9-17-25(21)30)31-26-18-10-6-14-22(26)23-15-7-11-19-27(23)31/h4-19H,1-3H3. The molecule has 2 nitrogen and oxygen atoms in total. The second kappa shape index (κ2) is 6.56. The van der Waals surface area contributed by atoms with Crippen molar-refractivity contribution in [3.63, 3.8) is 0 Å². The molecule has 0 radical (unpaired) electrons. The number of rotatable bonds is 2. The van der Waals surface area contributed by atoms with Crippen molar-refractivity contribution in [2.24, 2.45) is 0 Å². The van der Waals surface area contributed by atoms with Crippen LogP contribution in [0.3, 0.4) is 0 Å². The van der Waals surface area contributed by atoms with E-state index in [9.17, 15) is 0 Å². The minimum atomic E-state index is -3.92. The van der Waals surface area contributed by atoms with Gasteiger partial charge in [-0.15, -0.1) is 0 Å². The zero-order valence-corrected chi connectivity index (χ0v) is 19.5. The van der Waals surface area contributed by atoms with E-state index in [1.54, 1.807) is 0 Å². The van der Waals surface area contributed by atoms with Gasteiger partial charge in [0, 0.05) is 48.6 Å². The van der Waals surface area contributed by atoms with E-state index >= 15 is 4.11 Å². The van der Waals surface area contributed by atoms with E-state index in [0.29, 0.717) is 0 Å². The van der Waals surface area contributed by atoms with Gasteiger partial charge in [0.2, 0.25) is 0 Å². The molecule has 4 aromatic carbocycles. The normalized spacial score (nSPS) is 13.0. The van der Waals surface area contributed by atoms with Gasteiger partial charge in [-0.25, -0.2) is 0 Å². The minimum Gasteiger partial charge on any atom is -0.324 e. The van der Waals surface area contributed by atoms with Crippen molar-refractivity contribution in [3.8, 4) is 0 Å². The second-order valence-corrected chi connectivity index (χ2v) is 13.1. The molecule has 4 heteroatoms. The summed E-state index contributed by atoms with van der Waals surface area (Å²) in [6.45, 7) is 6.14. The topological polar surface area (TPSA) is 9.86 Å². The van der Waals surface area contributed by atoms with Crippen molar-refractivity contribution < 1.29 is 4.11 Å². The fourth-order valence-corrected chi connectivity index (χ4v) is 8.85. The number of hydrogen-bond donors (Lipinski definition) is 0. The van der Waals surface area contributed by atoms with E-state index in [1.165, 1.54) is 0 Å². The monoisotopic (exact) mass is 436 g/mol. The molecule has 0 saturated carbocycles. The Morgan fingerprint density at radius 2 is 0.750 bits per heavy atom. The largest absolute Gasteiger partial charge is 0.474 e. The maximum atomic E-state index is 18.4. The van der Waals surface area contributed by atoms with Crippen LogP contribution in [0.15, 0.2) is 97.1 Å². The predicted octanol–water partition coefficient (Wildman–Crippen LogP) is 8.01. The molecule has 0 aliphatic rings. The first-order chi connectivity index (χ1) is 15.4. The van der Waals surface area contributed by atoms with Crippen molar-refractivity contribution >= 4 is 52.3 Å². The van der Waals surface area contributed by atoms with Crippen LogP contribution in [0.1, 0.15) is 20.8 Å². The Balaban J connectivity index is 1.88. The number of para-hydroxylation sites is 4. The molecule has 0 unspecified atom stereocenters. The van der Waals surface area contributed by atoms with Gasteiger partial charge in [0.05, 0.1) is 0 Å². The van der Waals surface area contributed by atoms with Gasteiger partial charge < -0.3 is 8.47 Å². The first kappa shape index (κ1) is 19.3. The molecular weight excluding hydrogens is 411 g/mol. The molecule has 0 spiro atoms. The van der Waals surface area contributed by atoms with Gasteiger partial charge in [-0.3, -0.25) is 4.11 Å². The molecule has 0 aliphatic heterocycles. The fraction of sp³-hybridized carbons (Fsp3) is 0.143. The summed E-state index contributed by atoms with van der Waals surface area (Å²) in [6.07, 6.45) is 0. The molecule has 32 heavy (non-hydrogen) atoms. The van der Waals surface area contributed by atoms with E-state index < -0.39 is 13.8 Å². The number of aromatic nitrogens is 2. The smallest absolute Gasteiger partial charge is 0.324 e. The Hall–Kier alpha value is -3.37. The van der Waals surface area contributed by atoms with Crippen molar-refractivity contribution in [3.05, 3.63) is 97.1 Å². The van der Waals surface area contributed by atoms with Crippen LogP contribution in [0.2, 0.25) is 5.04 Å². The molecule has 0 aliphatic carbocycles. The van der Waals surface area contributed by atoms with Crippen LogP contribution in [0, 0.1) is 0 Å². The summed E-state index contributed by atoms with van der Waals surface area (Å²) in [6, 6.07) is 32.9. The zero-order chi connectivity index (χ0) is 22.1. The lowest BCUT2D eigenvalue weighted by Gasteiger charge is -2.38. The van der Waals surface area contributed by atoms with E-state index in [-0.39, 0.29) is 0 Å². The second-order valence-electron chi connectivity index (χ2n) is 9.58. The summed E-state index contributed by atoms with van der Waals surface area (Å²) < 4.78 is 22.5. The molecule has 2 heterocycles. The zero-order valence-electron chi connectivity index (χ0n) is 18.5. The highest BCUT2D eigenvalue weighted by Gasteiger charge is 2.54. The van der Waals surface area contributed by atoms with Crippen LogP contribution in [0.4, 0.5) is 4.11 Å². The van der Waals surface area contributed by atoms with E-state index in [0.717, 1.165) is 43.6 Å². The lowest BCUT2D eigenvalue weighted by Crippen LogP contribution is -2.54. The number of hydrogen-bond acceptors (Lipinski definition) is 0. The highest BCUT2D eigenvalue weighted by atomic mass is 28.4. The summed E-state index contributed by atoms with van der Waals surface area (Å²) in [5, 5.41) is 3.79. The minimum absolute atomic E-state index is 0.609. The maximum absolute atomic E-state index is 18.4. The fourth-order valence-electron chi connectivity index (χ4n) is 5.25. The van der Waals surface area contributed by atoms with Crippen LogP contribution in [0.25, 0.3) is 43.6 Å². The molecule has 0 saturated heterocycles. The molecule has 6 aromatic rings. The summed E-state index contributed by atoms with van der Waals surface area (Å²) in [5.74, 6) is 0. The van der Waals surface area contributed by atoms with Crippen molar-refractivity contribution in [2.45, 2.75) is 25.8 Å². The van der Waals surface area contributed by atoms with Gasteiger partial charge in [0.1, 0.15) is 0 Å². The Kier molecular flexibility index (Phi) is 3.96. The number of benzene rings is 4. The Labute approximate surface area is 187 Å². The lowest BCUT2D eigenvalue weighted by molar-refractivity contribution is 0.567. The maximum Gasteiger partial charge on any atom is 0.474 e. The average Bonchev–Trinajstić information content (AvgIpc) is 3.32. The summed E-state index contributed by atoms with van der Waals surface area (Å²) in [5.41, 5.74) is 3.83. The summed E-state index contributed by atoms with van der Waals surface area (Å²) in [7, 11) is -3.92. The summed E-state index contributed by atoms with van der Waals surface area (Å²) >= 11 is 0. The SMILES string of the molecule is CC(C)(C)[Si](F)(n1c2ccccc2c2ccccc21)n1c2ccccc2c2ccccc21. The first-order valence-corrected chi connectivity index (χ1v) is 12.9. The van der Waals surface area contributed by atoms with Crippen LogP contribution in [-0.4, -0.2) is 17.2 Å². The first-order valence-electron chi connectivity index (χ1n) is 11.1. The third-order valence-corrected chi connectivity index (χ3v) is 10.8. The number of halogens is 1. The highest BCUT2D eigenvalue weighted by Crippen LogP contribution is 2.47. The van der Waals surface area contributed by atoms with Gasteiger partial charge in [-0.05, 0) is 24.3 Å². The van der Waals surface area contributed by atoms with Gasteiger partial charge in [-0.2, -0.15) is 0 Å². The highest BCUT2D eigenvalue weighted by molar-refractivity contribution is 6.76. The van der Waals surface area contributed by atoms with E-state index in [2.05, 4.69) is 57.0 Å². The van der Waals surface area contributed by atoms with Crippen LogP contribution >= 0.6 is 0 Å². The molecule has 2 aromatic heterocycles. The molecule has 0 bridgehead atoms. The van der Waals surface area contributed by atoms with Gasteiger partial charge >= 0.3 is 8.73 Å². The Morgan fingerprint density at radius 3 is 1.00 bits per heavy atom. The van der Waals surface area contributed by atoms with Crippen LogP contribution in [0.5, 0.6) is 0 Å². The van der Waals surface area contributed by atoms with Crippen molar-refractivity contribution in [1.82, 2.24) is 8.47 Å². The molecule has 0 fully saturated rings. The molecular formula is C28H25FN2Si. The van der Waals surface area contributed by atoms with Crippen LogP contribution in [-0.2, 0) is 0 Å². The molecule has 0 atom stereocenters. The molecule has 158 valence electrons. The van der Waals surface area contributed by atoms with Crippen LogP contribution < -0.4 is 0 Å². The Bertz CT molecular complexity index is 1410. The van der Waals surface area contributed by atoms with E-state index in [4.69, 9.17) is 0 Å². The van der Waals surface area contributed by atoms with Crippen molar-refractivity contribution in [1.29, 1.82) is 0 Å². The molecule has 0 amide bonds. The third kappa shape index (κ3) is 2.39. The van der Waals surface area contributed by atoms with Gasteiger partial charge in [-0.1, -0.05) is 93.6 Å².